The fraction of sp³-hybridized carbons (Fsp3) is 0.615. The monoisotopic (exact) mass is 267 g/mol. The van der Waals surface area contributed by atoms with Gasteiger partial charge in [0.25, 0.3) is 0 Å². The number of nitrogens with one attached hydrogen (secondary N) is 1. The van der Waals surface area contributed by atoms with Crippen molar-refractivity contribution in [2.45, 2.75) is 32.4 Å². The summed E-state index contributed by atoms with van der Waals surface area (Å²) in [6.45, 7) is 5.44. The van der Waals surface area contributed by atoms with E-state index in [9.17, 15) is 4.79 Å². The van der Waals surface area contributed by atoms with Crippen molar-refractivity contribution in [1.82, 2.24) is 10.2 Å². The van der Waals surface area contributed by atoms with Crippen molar-refractivity contribution in [3.05, 3.63) is 21.9 Å². The minimum atomic E-state index is -0.226. The Labute approximate surface area is 112 Å². The summed E-state index contributed by atoms with van der Waals surface area (Å²) in [7, 11) is 0. The van der Waals surface area contributed by atoms with E-state index in [0.717, 1.165) is 32.5 Å². The van der Waals surface area contributed by atoms with Crippen LogP contribution in [0.25, 0.3) is 0 Å². The van der Waals surface area contributed by atoms with Gasteiger partial charge in [0, 0.05) is 30.6 Å². The summed E-state index contributed by atoms with van der Waals surface area (Å²) < 4.78 is 0. The number of nitrogens with two attached hydrogens (primary N) is 1. The quantitative estimate of drug-likeness (QED) is 0.840. The van der Waals surface area contributed by atoms with Crippen LogP contribution in [0.15, 0.2) is 11.4 Å². The number of piperidine rings is 1. The molecule has 1 aliphatic rings. The molecule has 0 unspecified atom stereocenters. The van der Waals surface area contributed by atoms with Gasteiger partial charge < -0.3 is 11.1 Å². The maximum absolute atomic E-state index is 10.8. The largest absolute Gasteiger partial charge is 0.369 e. The molecule has 2 heterocycles. The van der Waals surface area contributed by atoms with E-state index in [2.05, 4.69) is 28.6 Å². The van der Waals surface area contributed by atoms with E-state index < -0.39 is 0 Å². The Morgan fingerprint density at radius 2 is 2.28 bits per heavy atom. The Balaban J connectivity index is 1.71. The maximum Gasteiger partial charge on any atom is 0.231 e. The van der Waals surface area contributed by atoms with Crippen LogP contribution in [0.2, 0.25) is 0 Å². The van der Waals surface area contributed by atoms with Gasteiger partial charge in [0.1, 0.15) is 0 Å². The molecule has 0 atom stereocenters. The summed E-state index contributed by atoms with van der Waals surface area (Å²) in [4.78, 5) is 14.4. The average molecular weight is 267 g/mol. The lowest BCUT2D eigenvalue weighted by Crippen LogP contribution is -2.45. The van der Waals surface area contributed by atoms with Crippen molar-refractivity contribution >= 4 is 17.2 Å². The molecule has 4 nitrogen and oxygen atoms in total. The molecule has 18 heavy (non-hydrogen) atoms. The summed E-state index contributed by atoms with van der Waals surface area (Å²) in [6.07, 6.45) is 2.19. The van der Waals surface area contributed by atoms with Gasteiger partial charge in [-0.15, -0.1) is 11.3 Å². The topological polar surface area (TPSA) is 58.4 Å². The van der Waals surface area contributed by atoms with Crippen LogP contribution < -0.4 is 11.1 Å². The first-order valence-electron chi connectivity index (χ1n) is 6.42. The van der Waals surface area contributed by atoms with E-state index in [0.29, 0.717) is 12.6 Å². The van der Waals surface area contributed by atoms with Crippen LogP contribution in [0.3, 0.4) is 0 Å². The molecule has 0 radical (unpaired) electrons. The number of primary amides is 1. The SMILES string of the molecule is Cc1ccsc1CNC1CCN(CC(N)=O)CC1. The van der Waals surface area contributed by atoms with Crippen LogP contribution in [0, 0.1) is 6.92 Å². The molecule has 3 N–H and O–H groups in total. The van der Waals surface area contributed by atoms with Crippen molar-refractivity contribution in [2.24, 2.45) is 5.73 Å². The van der Waals surface area contributed by atoms with Gasteiger partial charge in [0.15, 0.2) is 0 Å². The smallest absolute Gasteiger partial charge is 0.231 e. The second-order valence-electron chi connectivity index (χ2n) is 4.92. The number of nitrogens with zero attached hydrogens (tertiary/aromatic N) is 1. The molecule has 1 aromatic heterocycles. The highest BCUT2D eigenvalue weighted by Gasteiger charge is 2.19. The molecule has 100 valence electrons. The number of likely N-dealkylation sites (tertiary alicyclic amines) is 1. The van der Waals surface area contributed by atoms with Crippen LogP contribution in [-0.2, 0) is 11.3 Å². The standard InChI is InChI=1S/C13H21N3OS/c1-10-4-7-18-12(10)8-15-11-2-5-16(6-3-11)9-13(14)17/h4,7,11,15H,2-3,5-6,8-9H2,1H3,(H2,14,17). The highest BCUT2D eigenvalue weighted by atomic mass is 32.1. The van der Waals surface area contributed by atoms with E-state index in [4.69, 9.17) is 5.73 Å². The number of aryl methyl sites for hydroxylation is 1. The lowest BCUT2D eigenvalue weighted by atomic mass is 10.0. The molecular formula is C13H21N3OS. The Kier molecular flexibility index (Phi) is 4.74. The molecule has 5 heteroatoms. The van der Waals surface area contributed by atoms with Gasteiger partial charge in [-0.3, -0.25) is 9.69 Å². The van der Waals surface area contributed by atoms with Gasteiger partial charge in [-0.1, -0.05) is 0 Å². The van der Waals surface area contributed by atoms with Gasteiger partial charge in [0.2, 0.25) is 5.91 Å². The molecule has 0 aromatic carbocycles. The zero-order valence-electron chi connectivity index (χ0n) is 10.8. The Morgan fingerprint density at radius 1 is 1.56 bits per heavy atom. The van der Waals surface area contributed by atoms with Crippen molar-refractivity contribution in [2.75, 3.05) is 19.6 Å². The molecule has 1 aromatic rings. The van der Waals surface area contributed by atoms with Gasteiger partial charge in [0.05, 0.1) is 6.54 Å². The third-order valence-corrected chi connectivity index (χ3v) is 4.51. The highest BCUT2D eigenvalue weighted by molar-refractivity contribution is 7.10. The molecule has 0 bridgehead atoms. The number of thiophene rings is 1. The lowest BCUT2D eigenvalue weighted by Gasteiger charge is -2.31. The third-order valence-electron chi connectivity index (χ3n) is 3.49. The number of amides is 1. The summed E-state index contributed by atoms with van der Waals surface area (Å²) in [6, 6.07) is 2.73. The Hall–Kier alpha value is -0.910. The molecule has 0 spiro atoms. The van der Waals surface area contributed by atoms with Gasteiger partial charge in [-0.2, -0.15) is 0 Å². The van der Waals surface area contributed by atoms with Crippen molar-refractivity contribution in [3.63, 3.8) is 0 Å². The molecule has 1 amide bonds. The fourth-order valence-corrected chi connectivity index (χ4v) is 3.19. The number of rotatable bonds is 5. The zero-order valence-corrected chi connectivity index (χ0v) is 11.6. The predicted molar refractivity (Wildman–Crippen MR) is 74.6 cm³/mol. The van der Waals surface area contributed by atoms with Crippen LogP contribution in [0.1, 0.15) is 23.3 Å². The molecule has 1 aliphatic heterocycles. The summed E-state index contributed by atoms with van der Waals surface area (Å²) >= 11 is 1.81. The molecule has 1 saturated heterocycles. The van der Waals surface area contributed by atoms with E-state index >= 15 is 0 Å². The second-order valence-corrected chi connectivity index (χ2v) is 5.93. The Morgan fingerprint density at radius 3 is 2.83 bits per heavy atom. The first-order chi connectivity index (χ1) is 8.65. The molecule has 0 saturated carbocycles. The van der Waals surface area contributed by atoms with Crippen LogP contribution in [0.5, 0.6) is 0 Å². The fourth-order valence-electron chi connectivity index (χ4n) is 2.34. The second kappa shape index (κ2) is 6.31. The maximum atomic E-state index is 10.8. The van der Waals surface area contributed by atoms with E-state index in [1.165, 1.54) is 10.4 Å². The summed E-state index contributed by atoms with van der Waals surface area (Å²) in [5.74, 6) is -0.226. The number of carbonyl (C=O) groups excluding carboxylic acids is 1. The van der Waals surface area contributed by atoms with Crippen molar-refractivity contribution in [1.29, 1.82) is 0 Å². The normalized spacial score (nSPS) is 18.1. The van der Waals surface area contributed by atoms with Crippen LogP contribution in [-0.4, -0.2) is 36.5 Å². The highest BCUT2D eigenvalue weighted by Crippen LogP contribution is 2.16. The Bertz CT molecular complexity index is 397. The summed E-state index contributed by atoms with van der Waals surface area (Å²) in [5.41, 5.74) is 6.58. The predicted octanol–water partition coefficient (Wildman–Crippen LogP) is 1.10. The van der Waals surface area contributed by atoms with Crippen molar-refractivity contribution in [3.8, 4) is 0 Å². The lowest BCUT2D eigenvalue weighted by molar-refractivity contribution is -0.119. The number of carbonyl (C=O) groups is 1. The van der Waals surface area contributed by atoms with Gasteiger partial charge in [-0.05, 0) is 36.8 Å². The number of hydrogen-bond donors (Lipinski definition) is 2. The number of hydrogen-bond acceptors (Lipinski definition) is 4. The first kappa shape index (κ1) is 13.5. The van der Waals surface area contributed by atoms with Crippen molar-refractivity contribution < 1.29 is 4.79 Å². The van der Waals surface area contributed by atoms with Gasteiger partial charge in [-0.25, -0.2) is 0 Å². The zero-order chi connectivity index (χ0) is 13.0. The molecule has 1 fully saturated rings. The van der Waals surface area contributed by atoms with Crippen LogP contribution >= 0.6 is 11.3 Å². The molecular weight excluding hydrogens is 246 g/mol. The minimum Gasteiger partial charge on any atom is -0.369 e. The van der Waals surface area contributed by atoms with Crippen LogP contribution in [0.4, 0.5) is 0 Å². The van der Waals surface area contributed by atoms with E-state index in [1.54, 1.807) is 0 Å². The average Bonchev–Trinajstić information content (AvgIpc) is 2.73. The first-order valence-corrected chi connectivity index (χ1v) is 7.30. The molecule has 0 aliphatic carbocycles. The third kappa shape index (κ3) is 3.80. The summed E-state index contributed by atoms with van der Waals surface area (Å²) in [5, 5.41) is 5.75. The molecule has 2 rings (SSSR count). The van der Waals surface area contributed by atoms with E-state index in [1.807, 2.05) is 11.3 Å². The van der Waals surface area contributed by atoms with E-state index in [-0.39, 0.29) is 5.91 Å². The van der Waals surface area contributed by atoms with Gasteiger partial charge >= 0.3 is 0 Å². The minimum absolute atomic E-state index is 0.226.